The Labute approximate surface area is 180 Å². The Bertz CT molecular complexity index is 1620. The van der Waals surface area contributed by atoms with Crippen LogP contribution in [0.1, 0.15) is 23.7 Å². The van der Waals surface area contributed by atoms with E-state index in [0.29, 0.717) is 16.3 Å². The van der Waals surface area contributed by atoms with Gasteiger partial charge in [0, 0.05) is 45.1 Å². The van der Waals surface area contributed by atoms with Crippen molar-refractivity contribution in [1.29, 1.82) is 0 Å². The second kappa shape index (κ2) is 7.26. The van der Waals surface area contributed by atoms with Gasteiger partial charge < -0.3 is 8.98 Å². The van der Waals surface area contributed by atoms with Crippen molar-refractivity contribution < 1.29 is 13.7 Å². The van der Waals surface area contributed by atoms with Crippen molar-refractivity contribution in [3.05, 3.63) is 91.7 Å². The summed E-state index contributed by atoms with van der Waals surface area (Å²) in [6.07, 6.45) is 0.804. The van der Waals surface area contributed by atoms with Crippen molar-refractivity contribution in [2.75, 3.05) is 0 Å². The van der Waals surface area contributed by atoms with Gasteiger partial charge in [0.1, 0.15) is 11.3 Å². The molecule has 2 aromatic carbocycles. The molecular formula is C24H18FN3O4. The van der Waals surface area contributed by atoms with Gasteiger partial charge in [-0.05, 0) is 49.2 Å². The lowest BCUT2D eigenvalue weighted by Gasteiger charge is -2.09. The van der Waals surface area contributed by atoms with Crippen molar-refractivity contribution >= 4 is 38.6 Å². The lowest BCUT2D eigenvalue weighted by molar-refractivity contribution is -0.385. The quantitative estimate of drug-likeness (QED) is 0.286. The molecule has 0 radical (unpaired) electrons. The number of aromatic nitrogens is 2. The van der Waals surface area contributed by atoms with Crippen LogP contribution >= 0.6 is 0 Å². The van der Waals surface area contributed by atoms with Crippen molar-refractivity contribution in [2.45, 2.75) is 26.8 Å². The first-order chi connectivity index (χ1) is 15.4. The molecule has 0 saturated heterocycles. The monoisotopic (exact) mass is 431 g/mol. The van der Waals surface area contributed by atoms with E-state index in [1.54, 1.807) is 4.57 Å². The first-order valence-corrected chi connectivity index (χ1v) is 10.2. The van der Waals surface area contributed by atoms with Gasteiger partial charge in [0.2, 0.25) is 5.71 Å². The van der Waals surface area contributed by atoms with Crippen LogP contribution in [0.25, 0.3) is 32.9 Å². The molecule has 32 heavy (non-hydrogen) atoms. The summed E-state index contributed by atoms with van der Waals surface area (Å²) < 4.78 is 21.8. The zero-order valence-electron chi connectivity index (χ0n) is 17.4. The van der Waals surface area contributed by atoms with Crippen LogP contribution < -0.4 is 5.63 Å². The largest absolute Gasteiger partial charge is 0.402 e. The summed E-state index contributed by atoms with van der Waals surface area (Å²) in [7, 11) is 0. The lowest BCUT2D eigenvalue weighted by atomic mass is 10.1. The Balaban J connectivity index is 1.89. The van der Waals surface area contributed by atoms with Gasteiger partial charge in [-0.2, -0.15) is 0 Å². The van der Waals surface area contributed by atoms with Crippen LogP contribution in [0.5, 0.6) is 0 Å². The molecule has 0 amide bonds. The minimum atomic E-state index is -0.592. The molecule has 0 fully saturated rings. The average Bonchev–Trinajstić information content (AvgIpc) is 3.09. The molecule has 0 bridgehead atoms. The van der Waals surface area contributed by atoms with Gasteiger partial charge in [0.05, 0.1) is 11.5 Å². The van der Waals surface area contributed by atoms with Gasteiger partial charge in [-0.1, -0.05) is 13.0 Å². The Morgan fingerprint density at radius 3 is 2.69 bits per heavy atom. The molecule has 5 rings (SSSR count). The third-order valence-corrected chi connectivity index (χ3v) is 5.76. The summed E-state index contributed by atoms with van der Waals surface area (Å²) in [6.45, 7) is 3.79. The molecule has 8 heteroatoms. The zero-order valence-corrected chi connectivity index (χ0v) is 17.4. The topological polar surface area (TPSA) is 91.2 Å². The highest BCUT2D eigenvalue weighted by Gasteiger charge is 2.21. The first-order valence-electron chi connectivity index (χ1n) is 10.2. The van der Waals surface area contributed by atoms with Crippen LogP contribution in [-0.2, 0) is 13.0 Å². The third-order valence-electron chi connectivity index (χ3n) is 5.76. The maximum absolute atomic E-state index is 14.6. The molecule has 0 unspecified atom stereocenters. The van der Waals surface area contributed by atoms with Crippen LogP contribution in [0.2, 0.25) is 0 Å². The smallest absolute Gasteiger partial charge is 0.362 e. The fraction of sp³-hybridized carbons (Fsp3) is 0.167. The molecule has 5 aromatic rings. The molecule has 0 spiro atoms. The number of hydrogen-bond acceptors (Lipinski definition) is 5. The summed E-state index contributed by atoms with van der Waals surface area (Å²) >= 11 is 0. The maximum atomic E-state index is 14.6. The summed E-state index contributed by atoms with van der Waals surface area (Å²) in [5.41, 5.74) is 2.33. The number of nitro benzene ring substituents is 1. The van der Waals surface area contributed by atoms with E-state index in [9.17, 15) is 19.3 Å². The molecule has 160 valence electrons. The van der Waals surface area contributed by atoms with E-state index in [1.165, 1.54) is 6.07 Å². The van der Waals surface area contributed by atoms with Gasteiger partial charge in [0.15, 0.2) is 0 Å². The number of pyridine rings is 1. The number of nitro groups is 1. The van der Waals surface area contributed by atoms with Crippen molar-refractivity contribution in [3.8, 4) is 0 Å². The predicted octanol–water partition coefficient (Wildman–Crippen LogP) is 5.26. The molecule has 7 nitrogen and oxygen atoms in total. The van der Waals surface area contributed by atoms with Crippen LogP contribution in [0.3, 0.4) is 0 Å². The molecule has 3 aromatic heterocycles. The SMILES string of the molecule is CCc1ccc2c(c1)c1c3ccc(C)nc3oc(=O)c1n2Cc1cc([N+](=O)[O-])ccc1F. The Morgan fingerprint density at radius 2 is 1.94 bits per heavy atom. The molecule has 0 aliphatic rings. The number of nitrogens with zero attached hydrogens (tertiary/aromatic N) is 3. The van der Waals surface area contributed by atoms with E-state index >= 15 is 0 Å². The maximum Gasteiger partial charge on any atom is 0.362 e. The highest BCUT2D eigenvalue weighted by molar-refractivity contribution is 6.18. The fourth-order valence-electron chi connectivity index (χ4n) is 4.17. The summed E-state index contributed by atoms with van der Waals surface area (Å²) in [5, 5.41) is 13.4. The number of fused-ring (bicyclic) bond motifs is 5. The second-order valence-electron chi connectivity index (χ2n) is 7.74. The minimum absolute atomic E-state index is 0.0610. The number of hydrogen-bond donors (Lipinski definition) is 0. The van der Waals surface area contributed by atoms with E-state index in [1.807, 2.05) is 44.2 Å². The van der Waals surface area contributed by atoms with E-state index < -0.39 is 16.4 Å². The van der Waals surface area contributed by atoms with Crippen molar-refractivity contribution in [3.63, 3.8) is 0 Å². The Kier molecular flexibility index (Phi) is 4.51. The molecule has 0 aliphatic carbocycles. The van der Waals surface area contributed by atoms with Gasteiger partial charge >= 0.3 is 5.63 Å². The Hall–Kier alpha value is -4.07. The van der Waals surface area contributed by atoms with Crippen LogP contribution in [-0.4, -0.2) is 14.5 Å². The van der Waals surface area contributed by atoms with Crippen molar-refractivity contribution in [1.82, 2.24) is 9.55 Å². The van der Waals surface area contributed by atoms with Crippen LogP contribution in [0.4, 0.5) is 10.1 Å². The zero-order chi connectivity index (χ0) is 22.6. The second-order valence-corrected chi connectivity index (χ2v) is 7.74. The third kappa shape index (κ3) is 3.03. The number of aryl methyl sites for hydroxylation is 2. The van der Waals surface area contributed by atoms with E-state index in [0.717, 1.165) is 35.2 Å². The number of benzene rings is 2. The molecule has 0 aliphatic heterocycles. The van der Waals surface area contributed by atoms with Gasteiger partial charge in [-0.25, -0.2) is 14.2 Å². The van der Waals surface area contributed by atoms with E-state index in [4.69, 9.17) is 4.42 Å². The van der Waals surface area contributed by atoms with Gasteiger partial charge in [-0.3, -0.25) is 10.1 Å². The summed E-state index contributed by atoms with van der Waals surface area (Å²) in [6, 6.07) is 12.9. The predicted molar refractivity (Wildman–Crippen MR) is 120 cm³/mol. The molecule has 0 atom stereocenters. The van der Waals surface area contributed by atoms with Gasteiger partial charge in [0.25, 0.3) is 5.69 Å². The molecule has 0 N–H and O–H groups in total. The standard InChI is InChI=1S/C24H18FN3O4/c1-3-14-5-9-20-18(10-14)21-17-7-4-13(2)26-23(17)32-24(29)22(21)27(20)12-15-11-16(28(30)31)6-8-19(15)25/h4-11H,3,12H2,1-2H3. The molecule has 0 saturated carbocycles. The van der Waals surface area contributed by atoms with Crippen molar-refractivity contribution in [2.24, 2.45) is 0 Å². The number of halogens is 1. The summed E-state index contributed by atoms with van der Waals surface area (Å²) in [4.78, 5) is 28.1. The Morgan fingerprint density at radius 1 is 1.12 bits per heavy atom. The first kappa shape index (κ1) is 19.9. The number of rotatable bonds is 4. The van der Waals surface area contributed by atoms with Gasteiger partial charge in [-0.15, -0.1) is 0 Å². The highest BCUT2D eigenvalue weighted by Crippen LogP contribution is 2.34. The fourth-order valence-corrected chi connectivity index (χ4v) is 4.17. The lowest BCUT2D eigenvalue weighted by Crippen LogP contribution is -2.10. The normalized spacial score (nSPS) is 11.6. The summed E-state index contributed by atoms with van der Waals surface area (Å²) in [5.74, 6) is -0.585. The number of non-ortho nitro benzene ring substituents is 1. The minimum Gasteiger partial charge on any atom is -0.402 e. The van der Waals surface area contributed by atoms with Crippen LogP contribution in [0.15, 0.2) is 57.7 Å². The molecular weight excluding hydrogens is 413 g/mol. The van der Waals surface area contributed by atoms with Crippen LogP contribution in [0, 0.1) is 22.9 Å². The van der Waals surface area contributed by atoms with E-state index in [-0.39, 0.29) is 29.0 Å². The average molecular weight is 431 g/mol. The highest BCUT2D eigenvalue weighted by atomic mass is 19.1. The van der Waals surface area contributed by atoms with E-state index in [2.05, 4.69) is 4.98 Å². The molecule has 3 heterocycles.